The molecule has 1 aromatic heterocycles. The molecule has 0 aliphatic rings. The number of nitrogens with one attached hydrogen (secondary N) is 1. The summed E-state index contributed by atoms with van der Waals surface area (Å²) in [5.41, 5.74) is 2.94. The Morgan fingerprint density at radius 3 is 2.57 bits per heavy atom. The van der Waals surface area contributed by atoms with Crippen LogP contribution in [0.4, 0.5) is 5.82 Å². The van der Waals surface area contributed by atoms with Gasteiger partial charge in [0.25, 0.3) is 0 Å². The summed E-state index contributed by atoms with van der Waals surface area (Å²) in [6.45, 7) is 2.47. The molecule has 2 aromatic carbocycles. The lowest BCUT2D eigenvalue weighted by Gasteiger charge is -2.14. The monoisotopic (exact) mass is 278 g/mol. The summed E-state index contributed by atoms with van der Waals surface area (Å²) in [4.78, 5) is 4.62. The Balaban J connectivity index is 1.77. The molecule has 0 saturated carbocycles. The number of rotatable bonds is 4. The van der Waals surface area contributed by atoms with Gasteiger partial charge >= 0.3 is 0 Å². The Morgan fingerprint density at radius 2 is 1.76 bits per heavy atom. The molecule has 3 nitrogen and oxygen atoms in total. The fourth-order valence-corrected chi connectivity index (χ4v) is 2.39. The molecule has 1 atom stereocenters. The lowest BCUT2D eigenvalue weighted by atomic mass is 10.1. The smallest absolute Gasteiger partial charge is 0.129 e. The van der Waals surface area contributed by atoms with E-state index in [1.807, 2.05) is 55.5 Å². The van der Waals surface area contributed by atoms with Crippen molar-refractivity contribution < 1.29 is 5.11 Å². The molecule has 0 aliphatic heterocycles. The minimum atomic E-state index is -0.543. The second-order valence-corrected chi connectivity index (χ2v) is 5.15. The van der Waals surface area contributed by atoms with Gasteiger partial charge in [-0.1, -0.05) is 48.5 Å². The van der Waals surface area contributed by atoms with Crippen LogP contribution >= 0.6 is 0 Å². The molecule has 0 radical (unpaired) electrons. The number of aliphatic hydroxyl groups is 1. The van der Waals surface area contributed by atoms with Crippen molar-refractivity contribution in [1.82, 2.24) is 4.98 Å². The maximum atomic E-state index is 10.2. The van der Waals surface area contributed by atoms with E-state index in [4.69, 9.17) is 0 Å². The molecule has 0 bridgehead atoms. The summed E-state index contributed by atoms with van der Waals surface area (Å²) in [6.07, 6.45) is -0.543. The highest BCUT2D eigenvalue weighted by Crippen LogP contribution is 2.20. The quantitative estimate of drug-likeness (QED) is 0.765. The van der Waals surface area contributed by atoms with Gasteiger partial charge in [-0.2, -0.15) is 0 Å². The van der Waals surface area contributed by atoms with Crippen LogP contribution in [0.25, 0.3) is 10.9 Å². The zero-order valence-corrected chi connectivity index (χ0v) is 12.0. The average molecular weight is 278 g/mol. The number of aromatic nitrogens is 1. The second kappa shape index (κ2) is 5.94. The minimum absolute atomic E-state index is 0.441. The van der Waals surface area contributed by atoms with Crippen molar-refractivity contribution in [2.45, 2.75) is 13.0 Å². The SMILES string of the molecule is Cc1cc2ccccc2nc1NCC(O)c1ccccc1. The first-order chi connectivity index (χ1) is 10.2. The van der Waals surface area contributed by atoms with Crippen LogP contribution in [-0.4, -0.2) is 16.6 Å². The van der Waals surface area contributed by atoms with E-state index in [9.17, 15) is 5.11 Å². The van der Waals surface area contributed by atoms with Crippen molar-refractivity contribution in [2.75, 3.05) is 11.9 Å². The number of aryl methyl sites for hydroxylation is 1. The predicted octanol–water partition coefficient (Wildman–Crippen LogP) is 3.69. The van der Waals surface area contributed by atoms with Gasteiger partial charge in [0.05, 0.1) is 11.6 Å². The van der Waals surface area contributed by atoms with Gasteiger partial charge in [-0.3, -0.25) is 0 Å². The molecular weight excluding hydrogens is 260 g/mol. The second-order valence-electron chi connectivity index (χ2n) is 5.15. The third kappa shape index (κ3) is 3.03. The molecule has 3 heteroatoms. The van der Waals surface area contributed by atoms with Gasteiger partial charge in [-0.15, -0.1) is 0 Å². The molecule has 21 heavy (non-hydrogen) atoms. The first kappa shape index (κ1) is 13.6. The van der Waals surface area contributed by atoms with Crippen LogP contribution in [0.5, 0.6) is 0 Å². The summed E-state index contributed by atoms with van der Waals surface area (Å²) in [6, 6.07) is 19.8. The van der Waals surface area contributed by atoms with E-state index in [-0.39, 0.29) is 0 Å². The highest BCUT2D eigenvalue weighted by molar-refractivity contribution is 5.81. The number of aliphatic hydroxyl groups excluding tert-OH is 1. The Bertz CT molecular complexity index is 741. The Morgan fingerprint density at radius 1 is 1.05 bits per heavy atom. The van der Waals surface area contributed by atoms with E-state index >= 15 is 0 Å². The number of anilines is 1. The van der Waals surface area contributed by atoms with Crippen molar-refractivity contribution in [1.29, 1.82) is 0 Å². The fraction of sp³-hybridized carbons (Fsp3) is 0.167. The highest BCUT2D eigenvalue weighted by Gasteiger charge is 2.08. The van der Waals surface area contributed by atoms with Crippen LogP contribution in [0, 0.1) is 6.92 Å². The molecule has 1 heterocycles. The summed E-state index contributed by atoms with van der Waals surface area (Å²) in [5, 5.41) is 14.6. The maximum absolute atomic E-state index is 10.2. The van der Waals surface area contributed by atoms with Gasteiger partial charge in [-0.05, 0) is 30.2 Å². The standard InChI is InChI=1S/C18H18N2O/c1-13-11-15-9-5-6-10-16(15)20-18(13)19-12-17(21)14-7-3-2-4-8-14/h2-11,17,21H,12H2,1H3,(H,19,20). The summed E-state index contributed by atoms with van der Waals surface area (Å²) < 4.78 is 0. The number of hydrogen-bond acceptors (Lipinski definition) is 3. The molecular formula is C18H18N2O. The molecule has 0 saturated heterocycles. The number of nitrogens with zero attached hydrogens (tertiary/aromatic N) is 1. The van der Waals surface area contributed by atoms with Crippen molar-refractivity contribution in [3.05, 3.63) is 71.8 Å². The predicted molar refractivity (Wildman–Crippen MR) is 86.4 cm³/mol. The van der Waals surface area contributed by atoms with Crippen LogP contribution in [0.3, 0.4) is 0 Å². The van der Waals surface area contributed by atoms with Crippen LogP contribution in [0.1, 0.15) is 17.2 Å². The fourth-order valence-electron chi connectivity index (χ4n) is 2.39. The minimum Gasteiger partial charge on any atom is -0.387 e. The van der Waals surface area contributed by atoms with Crippen molar-refractivity contribution in [3.8, 4) is 0 Å². The van der Waals surface area contributed by atoms with Gasteiger partial charge in [0.15, 0.2) is 0 Å². The molecule has 3 aromatic rings. The lowest BCUT2D eigenvalue weighted by Crippen LogP contribution is -2.13. The third-order valence-electron chi connectivity index (χ3n) is 3.56. The molecule has 2 N–H and O–H groups in total. The Hall–Kier alpha value is -2.39. The number of benzene rings is 2. The molecule has 0 spiro atoms. The van der Waals surface area contributed by atoms with Gasteiger partial charge in [0.2, 0.25) is 0 Å². The summed E-state index contributed by atoms with van der Waals surface area (Å²) >= 11 is 0. The normalized spacial score (nSPS) is 12.3. The first-order valence-corrected chi connectivity index (χ1v) is 7.07. The van der Waals surface area contributed by atoms with Crippen LogP contribution in [0.15, 0.2) is 60.7 Å². The van der Waals surface area contributed by atoms with Gasteiger partial charge in [0, 0.05) is 11.9 Å². The van der Waals surface area contributed by atoms with E-state index in [0.717, 1.165) is 27.8 Å². The molecule has 0 aliphatic carbocycles. The highest BCUT2D eigenvalue weighted by atomic mass is 16.3. The van der Waals surface area contributed by atoms with Crippen molar-refractivity contribution in [3.63, 3.8) is 0 Å². The lowest BCUT2D eigenvalue weighted by molar-refractivity contribution is 0.191. The van der Waals surface area contributed by atoms with Crippen LogP contribution in [-0.2, 0) is 0 Å². The number of pyridine rings is 1. The molecule has 0 amide bonds. The topological polar surface area (TPSA) is 45.2 Å². The summed E-state index contributed by atoms with van der Waals surface area (Å²) in [7, 11) is 0. The van der Waals surface area contributed by atoms with E-state index in [2.05, 4.69) is 22.4 Å². The van der Waals surface area contributed by atoms with E-state index < -0.39 is 6.10 Å². The third-order valence-corrected chi connectivity index (χ3v) is 3.56. The molecule has 0 fully saturated rings. The van der Waals surface area contributed by atoms with Crippen LogP contribution < -0.4 is 5.32 Å². The molecule has 3 rings (SSSR count). The van der Waals surface area contributed by atoms with E-state index in [0.29, 0.717) is 6.54 Å². The zero-order chi connectivity index (χ0) is 14.7. The number of hydrogen-bond donors (Lipinski definition) is 2. The average Bonchev–Trinajstić information content (AvgIpc) is 2.53. The van der Waals surface area contributed by atoms with E-state index in [1.165, 1.54) is 0 Å². The molecule has 1 unspecified atom stereocenters. The largest absolute Gasteiger partial charge is 0.387 e. The first-order valence-electron chi connectivity index (χ1n) is 7.07. The van der Waals surface area contributed by atoms with Crippen LogP contribution in [0.2, 0.25) is 0 Å². The Labute approximate surface area is 124 Å². The van der Waals surface area contributed by atoms with Crippen molar-refractivity contribution >= 4 is 16.7 Å². The van der Waals surface area contributed by atoms with E-state index in [1.54, 1.807) is 0 Å². The number of para-hydroxylation sites is 1. The number of fused-ring (bicyclic) bond motifs is 1. The molecule has 106 valence electrons. The van der Waals surface area contributed by atoms with Gasteiger partial charge in [-0.25, -0.2) is 4.98 Å². The zero-order valence-electron chi connectivity index (χ0n) is 12.0. The summed E-state index contributed by atoms with van der Waals surface area (Å²) in [5.74, 6) is 0.823. The van der Waals surface area contributed by atoms with Gasteiger partial charge in [0.1, 0.15) is 5.82 Å². The van der Waals surface area contributed by atoms with Crippen molar-refractivity contribution in [2.24, 2.45) is 0 Å². The Kier molecular flexibility index (Phi) is 3.84. The maximum Gasteiger partial charge on any atom is 0.129 e. The van der Waals surface area contributed by atoms with Gasteiger partial charge < -0.3 is 10.4 Å².